The molecule has 0 aromatic rings. The quantitative estimate of drug-likeness (QED) is 0.473. The second-order valence-corrected chi connectivity index (χ2v) is 4.27. The molecule has 1 fully saturated rings. The molecule has 0 aromatic heterocycles. The zero-order valence-electron chi connectivity index (χ0n) is 9.84. The van der Waals surface area contributed by atoms with E-state index in [4.69, 9.17) is 0 Å². The van der Waals surface area contributed by atoms with Crippen LogP contribution in [0.2, 0.25) is 0 Å². The second kappa shape index (κ2) is 7.24. The number of rotatable bonds is 6. The van der Waals surface area contributed by atoms with E-state index >= 15 is 0 Å². The van der Waals surface area contributed by atoms with E-state index in [2.05, 4.69) is 24.3 Å². The van der Waals surface area contributed by atoms with Crippen LogP contribution in [0.5, 0.6) is 0 Å². The van der Waals surface area contributed by atoms with Crippen molar-refractivity contribution in [2.75, 3.05) is 13.1 Å². The summed E-state index contributed by atoms with van der Waals surface area (Å²) in [7, 11) is 0. The van der Waals surface area contributed by atoms with Gasteiger partial charge in [0.15, 0.2) is 0 Å². The molecule has 83 valence electrons. The SMILES string of the molecule is CCCC[N]N(CC)C1CCCCC1. The molecule has 0 saturated heterocycles. The number of unbranched alkanes of at least 4 members (excludes halogenated alkanes) is 1. The van der Waals surface area contributed by atoms with E-state index in [1.807, 2.05) is 0 Å². The Morgan fingerprint density at radius 1 is 1.14 bits per heavy atom. The van der Waals surface area contributed by atoms with E-state index in [1.54, 1.807) is 0 Å². The molecule has 0 bridgehead atoms. The molecule has 1 aliphatic rings. The molecule has 1 radical (unpaired) electrons. The molecule has 0 heterocycles. The average molecular weight is 197 g/mol. The molecular weight excluding hydrogens is 172 g/mol. The highest BCUT2D eigenvalue weighted by Gasteiger charge is 2.19. The van der Waals surface area contributed by atoms with Gasteiger partial charge in [0.2, 0.25) is 0 Å². The van der Waals surface area contributed by atoms with Gasteiger partial charge in [0.25, 0.3) is 0 Å². The van der Waals surface area contributed by atoms with E-state index in [0.717, 1.165) is 19.1 Å². The molecule has 0 atom stereocenters. The molecule has 1 rings (SSSR count). The fourth-order valence-electron chi connectivity index (χ4n) is 2.21. The van der Waals surface area contributed by atoms with Crippen LogP contribution in [0.25, 0.3) is 0 Å². The highest BCUT2D eigenvalue weighted by Crippen LogP contribution is 2.21. The average Bonchev–Trinajstić information content (AvgIpc) is 2.26. The third-order valence-electron chi connectivity index (χ3n) is 3.11. The Kier molecular flexibility index (Phi) is 6.20. The maximum absolute atomic E-state index is 4.69. The molecule has 0 spiro atoms. The van der Waals surface area contributed by atoms with Crippen LogP contribution in [-0.2, 0) is 0 Å². The summed E-state index contributed by atoms with van der Waals surface area (Å²) in [6.07, 6.45) is 9.47. The topological polar surface area (TPSA) is 17.3 Å². The summed E-state index contributed by atoms with van der Waals surface area (Å²) in [5, 5.41) is 2.34. The molecule has 0 aliphatic heterocycles. The largest absolute Gasteiger partial charge is 0.224 e. The van der Waals surface area contributed by atoms with Crippen LogP contribution in [-0.4, -0.2) is 24.1 Å². The summed E-state index contributed by atoms with van der Waals surface area (Å²) < 4.78 is 0. The Balaban J connectivity index is 2.21. The first-order chi connectivity index (χ1) is 6.88. The van der Waals surface area contributed by atoms with E-state index in [0.29, 0.717) is 0 Å². The van der Waals surface area contributed by atoms with Gasteiger partial charge in [0.05, 0.1) is 0 Å². The Morgan fingerprint density at radius 3 is 2.43 bits per heavy atom. The van der Waals surface area contributed by atoms with Crippen molar-refractivity contribution in [3.63, 3.8) is 0 Å². The van der Waals surface area contributed by atoms with Gasteiger partial charge in [-0.3, -0.25) is 0 Å². The summed E-state index contributed by atoms with van der Waals surface area (Å²) in [5.74, 6) is 0. The van der Waals surface area contributed by atoms with Crippen LogP contribution in [0.1, 0.15) is 58.8 Å². The first-order valence-electron chi connectivity index (χ1n) is 6.32. The van der Waals surface area contributed by atoms with Gasteiger partial charge in [-0.25, -0.2) is 5.01 Å². The van der Waals surface area contributed by atoms with E-state index in [1.165, 1.54) is 44.9 Å². The summed E-state index contributed by atoms with van der Waals surface area (Å²) in [4.78, 5) is 0. The minimum Gasteiger partial charge on any atom is -0.224 e. The highest BCUT2D eigenvalue weighted by atomic mass is 15.5. The van der Waals surface area contributed by atoms with Crippen molar-refractivity contribution in [1.29, 1.82) is 0 Å². The molecule has 14 heavy (non-hydrogen) atoms. The van der Waals surface area contributed by atoms with Crippen LogP contribution < -0.4 is 5.43 Å². The van der Waals surface area contributed by atoms with E-state index in [9.17, 15) is 0 Å². The van der Waals surface area contributed by atoms with Gasteiger partial charge in [0.1, 0.15) is 0 Å². The van der Waals surface area contributed by atoms with Crippen LogP contribution in [0.15, 0.2) is 0 Å². The summed E-state index contributed by atoms with van der Waals surface area (Å²) in [6.45, 7) is 6.58. The Bertz CT molecular complexity index is 130. The zero-order valence-corrected chi connectivity index (χ0v) is 9.84. The van der Waals surface area contributed by atoms with Crippen molar-refractivity contribution in [3.8, 4) is 0 Å². The first-order valence-corrected chi connectivity index (χ1v) is 6.32. The van der Waals surface area contributed by atoms with Crippen LogP contribution in [0, 0.1) is 0 Å². The minimum absolute atomic E-state index is 0.755. The molecule has 1 saturated carbocycles. The molecule has 2 heteroatoms. The molecule has 0 unspecified atom stereocenters. The lowest BCUT2D eigenvalue weighted by Crippen LogP contribution is -2.42. The number of nitrogens with zero attached hydrogens (tertiary/aromatic N) is 2. The number of hydrogen-bond acceptors (Lipinski definition) is 1. The molecule has 0 N–H and O–H groups in total. The monoisotopic (exact) mass is 197 g/mol. The smallest absolute Gasteiger partial charge is 0.0306 e. The Labute approximate surface area is 89.0 Å². The van der Waals surface area contributed by atoms with Crippen molar-refractivity contribution in [3.05, 3.63) is 0 Å². The highest BCUT2D eigenvalue weighted by molar-refractivity contribution is 4.72. The maximum atomic E-state index is 4.69. The van der Waals surface area contributed by atoms with Crippen molar-refractivity contribution < 1.29 is 0 Å². The summed E-state index contributed by atoms with van der Waals surface area (Å²) >= 11 is 0. The van der Waals surface area contributed by atoms with Gasteiger partial charge in [-0.2, -0.15) is 5.43 Å². The predicted molar refractivity (Wildman–Crippen MR) is 61.2 cm³/mol. The van der Waals surface area contributed by atoms with E-state index in [-0.39, 0.29) is 0 Å². The van der Waals surface area contributed by atoms with Crippen LogP contribution in [0.4, 0.5) is 0 Å². The lowest BCUT2D eigenvalue weighted by molar-refractivity contribution is 0.0956. The predicted octanol–water partition coefficient (Wildman–Crippen LogP) is 2.96. The van der Waals surface area contributed by atoms with Crippen molar-refractivity contribution in [2.45, 2.75) is 64.8 Å². The van der Waals surface area contributed by atoms with Gasteiger partial charge in [-0.15, -0.1) is 0 Å². The van der Waals surface area contributed by atoms with Gasteiger partial charge in [-0.1, -0.05) is 39.5 Å². The lowest BCUT2D eigenvalue weighted by Gasteiger charge is -2.32. The second-order valence-electron chi connectivity index (χ2n) is 4.27. The molecular formula is C12H25N2. The standard InChI is InChI=1S/C12H25N2/c1-3-5-11-13-14(4-2)12-9-7-6-8-10-12/h12H,3-11H2,1-2H3. The van der Waals surface area contributed by atoms with Crippen LogP contribution in [0.3, 0.4) is 0 Å². The Morgan fingerprint density at radius 2 is 1.86 bits per heavy atom. The van der Waals surface area contributed by atoms with Gasteiger partial charge in [-0.05, 0) is 19.3 Å². The fraction of sp³-hybridized carbons (Fsp3) is 1.00. The maximum Gasteiger partial charge on any atom is 0.0306 e. The molecule has 1 aliphatic carbocycles. The normalized spacial score (nSPS) is 19.1. The van der Waals surface area contributed by atoms with Crippen LogP contribution >= 0.6 is 0 Å². The summed E-state index contributed by atoms with van der Waals surface area (Å²) in [5.41, 5.74) is 4.69. The fourth-order valence-corrected chi connectivity index (χ4v) is 2.21. The third-order valence-corrected chi connectivity index (χ3v) is 3.11. The van der Waals surface area contributed by atoms with Gasteiger partial charge < -0.3 is 0 Å². The molecule has 0 aromatic carbocycles. The summed E-state index contributed by atoms with van der Waals surface area (Å²) in [6, 6.07) is 0.755. The lowest BCUT2D eigenvalue weighted by atomic mass is 9.95. The van der Waals surface area contributed by atoms with Gasteiger partial charge >= 0.3 is 0 Å². The molecule has 2 nitrogen and oxygen atoms in total. The van der Waals surface area contributed by atoms with Crippen molar-refractivity contribution in [2.24, 2.45) is 0 Å². The first kappa shape index (κ1) is 12.0. The molecule has 0 amide bonds. The Hall–Kier alpha value is -0.0800. The minimum atomic E-state index is 0.755. The zero-order chi connectivity index (χ0) is 10.2. The third kappa shape index (κ3) is 3.97. The van der Waals surface area contributed by atoms with E-state index < -0.39 is 0 Å². The van der Waals surface area contributed by atoms with Crippen molar-refractivity contribution >= 4 is 0 Å². The van der Waals surface area contributed by atoms with Crippen molar-refractivity contribution in [1.82, 2.24) is 10.4 Å². The van der Waals surface area contributed by atoms with Gasteiger partial charge in [0, 0.05) is 19.1 Å². The number of hydrogen-bond donors (Lipinski definition) is 0.